The minimum Gasteiger partial charge on any atom is -0.399 e. The molecule has 14 heteroatoms. The van der Waals surface area contributed by atoms with Crippen molar-refractivity contribution in [3.8, 4) is 11.1 Å². The lowest BCUT2D eigenvalue weighted by Crippen LogP contribution is -2.26. The summed E-state index contributed by atoms with van der Waals surface area (Å²) in [5, 5.41) is 12.6. The average molecular weight is 514 g/mol. The van der Waals surface area contributed by atoms with Gasteiger partial charge in [0.05, 0.1) is 12.9 Å². The SMILES string of the molecule is Nc1ccc(-c2cccc(Nc3nc4c(ncn4[C@H]4C[C@H](OP(=O)(O)O)[C@@H](CO)O4)c(=O)[nH]3)c2)cc1. The highest BCUT2D eigenvalue weighted by molar-refractivity contribution is 7.46. The largest absolute Gasteiger partial charge is 0.469 e. The Morgan fingerprint density at radius 1 is 1.22 bits per heavy atom. The number of aromatic amines is 1. The summed E-state index contributed by atoms with van der Waals surface area (Å²) in [4.78, 5) is 42.2. The van der Waals surface area contributed by atoms with Crippen LogP contribution in [0.4, 0.5) is 17.3 Å². The van der Waals surface area contributed by atoms with Gasteiger partial charge in [-0.1, -0.05) is 24.3 Å². The summed E-state index contributed by atoms with van der Waals surface area (Å²) in [5.74, 6) is 0.156. The highest BCUT2D eigenvalue weighted by Crippen LogP contribution is 2.43. The number of ether oxygens (including phenoxy) is 1. The standard InChI is InChI=1S/C22H23N6O7P/c23-14-6-4-12(5-7-14)13-2-1-3-15(8-13)25-22-26-20-19(21(30)27-22)24-11-28(20)18-9-16(17(10-29)34-18)35-36(31,32)33/h1-8,11,16-18,29H,9-10,23H2,(H2,31,32,33)(H2,25,26,27,30)/t16-,17+,18+/m0/s1. The number of nitrogen functional groups attached to an aromatic ring is 1. The Morgan fingerprint density at radius 3 is 2.72 bits per heavy atom. The second-order valence-electron chi connectivity index (χ2n) is 8.25. The molecule has 0 saturated carbocycles. The van der Waals surface area contributed by atoms with Gasteiger partial charge in [-0.15, -0.1) is 0 Å². The first-order valence-electron chi connectivity index (χ1n) is 10.9. The van der Waals surface area contributed by atoms with E-state index in [0.29, 0.717) is 11.4 Å². The number of hydrogen-bond acceptors (Lipinski definition) is 9. The molecule has 0 amide bonds. The zero-order chi connectivity index (χ0) is 25.4. The molecule has 4 aromatic rings. The number of imidazole rings is 1. The number of nitrogens with one attached hydrogen (secondary N) is 2. The molecule has 0 spiro atoms. The Hall–Kier alpha value is -3.58. The number of phosphoric ester groups is 1. The summed E-state index contributed by atoms with van der Waals surface area (Å²) >= 11 is 0. The van der Waals surface area contributed by atoms with E-state index < -0.39 is 38.4 Å². The van der Waals surface area contributed by atoms with Gasteiger partial charge in [-0.2, -0.15) is 4.98 Å². The topological polar surface area (TPSA) is 198 Å². The van der Waals surface area contributed by atoms with Gasteiger partial charge < -0.3 is 30.7 Å². The average Bonchev–Trinajstić information content (AvgIpc) is 3.42. The number of benzene rings is 2. The van der Waals surface area contributed by atoms with Crippen LogP contribution in [0.5, 0.6) is 0 Å². The molecule has 36 heavy (non-hydrogen) atoms. The van der Waals surface area contributed by atoms with Crippen LogP contribution in [0.15, 0.2) is 59.7 Å². The van der Waals surface area contributed by atoms with Crippen molar-refractivity contribution in [1.29, 1.82) is 0 Å². The molecule has 0 aliphatic carbocycles. The third-order valence-electron chi connectivity index (χ3n) is 5.75. The van der Waals surface area contributed by atoms with E-state index >= 15 is 0 Å². The Kier molecular flexibility index (Phi) is 6.35. The summed E-state index contributed by atoms with van der Waals surface area (Å²) in [7, 11) is -4.80. The monoisotopic (exact) mass is 514 g/mol. The van der Waals surface area contributed by atoms with Crippen LogP contribution in [-0.2, 0) is 13.8 Å². The number of nitrogens with zero attached hydrogens (tertiary/aromatic N) is 3. The Morgan fingerprint density at radius 2 is 2.00 bits per heavy atom. The van der Waals surface area contributed by atoms with Crippen LogP contribution in [0.3, 0.4) is 0 Å². The highest BCUT2D eigenvalue weighted by Gasteiger charge is 2.40. The molecule has 0 unspecified atom stereocenters. The van der Waals surface area contributed by atoms with Crippen molar-refractivity contribution in [2.75, 3.05) is 17.7 Å². The van der Waals surface area contributed by atoms with E-state index in [0.717, 1.165) is 11.1 Å². The van der Waals surface area contributed by atoms with Crippen LogP contribution in [0.25, 0.3) is 22.3 Å². The molecular weight excluding hydrogens is 491 g/mol. The number of nitrogens with two attached hydrogens (primary N) is 1. The predicted octanol–water partition coefficient (Wildman–Crippen LogP) is 1.87. The van der Waals surface area contributed by atoms with Gasteiger partial charge in [-0.25, -0.2) is 9.55 Å². The minimum absolute atomic E-state index is 0.00265. The van der Waals surface area contributed by atoms with Gasteiger partial charge in [0.15, 0.2) is 11.2 Å². The second kappa shape index (κ2) is 9.47. The van der Waals surface area contributed by atoms with Crippen molar-refractivity contribution in [3.05, 3.63) is 65.2 Å². The molecule has 5 rings (SSSR count). The molecule has 1 aliphatic heterocycles. The molecule has 7 N–H and O–H groups in total. The lowest BCUT2D eigenvalue weighted by molar-refractivity contribution is -0.0425. The van der Waals surface area contributed by atoms with Gasteiger partial charge >= 0.3 is 7.82 Å². The van der Waals surface area contributed by atoms with Crippen LogP contribution in [-0.4, -0.2) is 53.2 Å². The maximum atomic E-state index is 12.7. The molecule has 1 fully saturated rings. The number of phosphoric acid groups is 1. The molecule has 0 bridgehead atoms. The zero-order valence-corrected chi connectivity index (χ0v) is 19.6. The summed E-state index contributed by atoms with van der Waals surface area (Å²) in [6.45, 7) is -0.515. The van der Waals surface area contributed by atoms with E-state index in [2.05, 4.69) is 20.3 Å². The van der Waals surface area contributed by atoms with Crippen LogP contribution < -0.4 is 16.6 Å². The molecule has 2 aromatic heterocycles. The fourth-order valence-corrected chi connectivity index (χ4v) is 4.68. The van der Waals surface area contributed by atoms with Crippen molar-refractivity contribution >= 4 is 36.3 Å². The van der Waals surface area contributed by atoms with E-state index in [9.17, 15) is 14.5 Å². The van der Waals surface area contributed by atoms with Gasteiger partial charge in [-0.05, 0) is 35.4 Å². The predicted molar refractivity (Wildman–Crippen MR) is 130 cm³/mol. The number of rotatable bonds is 7. The van der Waals surface area contributed by atoms with Crippen LogP contribution in [0, 0.1) is 0 Å². The van der Waals surface area contributed by atoms with Crippen LogP contribution in [0.2, 0.25) is 0 Å². The normalized spacial score (nSPS) is 20.1. The molecule has 1 aliphatic rings. The minimum atomic E-state index is -4.80. The van der Waals surface area contributed by atoms with Crippen molar-refractivity contribution in [2.24, 2.45) is 0 Å². The van der Waals surface area contributed by atoms with Crippen LogP contribution >= 0.6 is 7.82 Å². The third kappa shape index (κ3) is 5.02. The first kappa shape index (κ1) is 24.1. The Balaban J connectivity index is 1.43. The number of H-pyrrole nitrogens is 1. The van der Waals surface area contributed by atoms with Crippen molar-refractivity contribution in [3.63, 3.8) is 0 Å². The van der Waals surface area contributed by atoms with Gasteiger partial charge in [0.1, 0.15) is 18.4 Å². The maximum Gasteiger partial charge on any atom is 0.469 e. The number of aliphatic hydroxyl groups is 1. The van der Waals surface area contributed by atoms with Gasteiger partial charge in [-0.3, -0.25) is 18.9 Å². The molecule has 1 saturated heterocycles. The number of hydrogen-bond donors (Lipinski definition) is 6. The summed E-state index contributed by atoms with van der Waals surface area (Å²) < 4.78 is 23.2. The number of aromatic nitrogens is 4. The number of anilines is 3. The fraction of sp³-hybridized carbons (Fsp3) is 0.227. The molecule has 3 heterocycles. The Labute approximate surface area is 203 Å². The van der Waals surface area contributed by atoms with Crippen molar-refractivity contribution in [2.45, 2.75) is 24.9 Å². The number of aliphatic hydroxyl groups excluding tert-OH is 1. The third-order valence-corrected chi connectivity index (χ3v) is 6.29. The van der Waals surface area contributed by atoms with E-state index in [1.165, 1.54) is 10.9 Å². The lowest BCUT2D eigenvalue weighted by Gasteiger charge is -2.16. The fourth-order valence-electron chi connectivity index (χ4n) is 4.11. The van der Waals surface area contributed by atoms with Gasteiger partial charge in [0.25, 0.3) is 5.56 Å². The molecule has 3 atom stereocenters. The lowest BCUT2D eigenvalue weighted by atomic mass is 10.0. The van der Waals surface area contributed by atoms with E-state index in [4.69, 9.17) is 24.8 Å². The van der Waals surface area contributed by atoms with Gasteiger partial charge in [0.2, 0.25) is 5.95 Å². The molecule has 13 nitrogen and oxygen atoms in total. The van der Waals surface area contributed by atoms with Crippen LogP contribution in [0.1, 0.15) is 12.6 Å². The number of fused-ring (bicyclic) bond motifs is 1. The van der Waals surface area contributed by atoms with E-state index in [1.807, 2.05) is 48.5 Å². The summed E-state index contributed by atoms with van der Waals surface area (Å²) in [5.41, 5.74) is 8.75. The summed E-state index contributed by atoms with van der Waals surface area (Å²) in [6, 6.07) is 14.9. The molecule has 188 valence electrons. The first-order chi connectivity index (χ1) is 17.2. The smallest absolute Gasteiger partial charge is 0.399 e. The first-order valence-corrected chi connectivity index (χ1v) is 12.4. The van der Waals surface area contributed by atoms with Crippen molar-refractivity contribution < 1.29 is 28.7 Å². The quantitative estimate of drug-likeness (QED) is 0.155. The second-order valence-corrected chi connectivity index (χ2v) is 9.44. The van der Waals surface area contributed by atoms with E-state index in [-0.39, 0.29) is 23.5 Å². The molecule has 2 aromatic carbocycles. The highest BCUT2D eigenvalue weighted by atomic mass is 31.2. The van der Waals surface area contributed by atoms with Gasteiger partial charge in [0, 0.05) is 17.8 Å². The Bertz CT molecular complexity index is 1500. The van der Waals surface area contributed by atoms with Crippen molar-refractivity contribution in [1.82, 2.24) is 19.5 Å². The summed E-state index contributed by atoms with van der Waals surface area (Å²) in [6.07, 6.45) is -1.51. The van der Waals surface area contributed by atoms with E-state index in [1.54, 1.807) is 0 Å². The maximum absolute atomic E-state index is 12.7. The molecular formula is C22H23N6O7P. The zero-order valence-electron chi connectivity index (χ0n) is 18.7. The molecule has 0 radical (unpaired) electrons.